The molecule has 0 saturated carbocycles. The highest BCUT2D eigenvalue weighted by molar-refractivity contribution is 5.88. The Morgan fingerprint density at radius 1 is 1.31 bits per heavy atom. The summed E-state index contributed by atoms with van der Waals surface area (Å²) in [6, 6.07) is 0. The Labute approximate surface area is 156 Å². The molecule has 0 aromatic carbocycles. The van der Waals surface area contributed by atoms with E-state index in [1.807, 2.05) is 33.8 Å². The Balaban J connectivity index is 2.56. The molecule has 0 bridgehead atoms. The second kappa shape index (κ2) is 10.4. The van der Waals surface area contributed by atoms with E-state index in [4.69, 9.17) is 4.74 Å². The number of methoxy groups -OCH3 is 1. The van der Waals surface area contributed by atoms with E-state index in [0.29, 0.717) is 25.7 Å². The van der Waals surface area contributed by atoms with Gasteiger partial charge >= 0.3 is 5.97 Å². The van der Waals surface area contributed by atoms with Gasteiger partial charge in [0.1, 0.15) is 11.4 Å². The zero-order chi connectivity index (χ0) is 19.7. The minimum absolute atomic E-state index is 0.0233. The van der Waals surface area contributed by atoms with Gasteiger partial charge in [-0.2, -0.15) is 0 Å². The first-order chi connectivity index (χ1) is 12.2. The van der Waals surface area contributed by atoms with Crippen molar-refractivity contribution in [3.05, 3.63) is 23.3 Å². The van der Waals surface area contributed by atoms with Crippen molar-refractivity contribution < 1.29 is 23.9 Å². The Morgan fingerprint density at radius 3 is 2.62 bits per heavy atom. The van der Waals surface area contributed by atoms with Crippen LogP contribution in [-0.2, 0) is 23.9 Å². The highest BCUT2D eigenvalue weighted by Gasteiger charge is 2.35. The standard InChI is InChI=1S/C21H32O5/c1-15(2)8-10-18(22)16(3)7-6-12-21(4)19(23)11-9-17(14-26-21)13-20(24)25-5/h8,13,16H,6-7,9-12,14H2,1-5H3/b17-13+/t16?,21-/m0/s1. The maximum absolute atomic E-state index is 12.5. The molecule has 5 heteroatoms. The van der Waals surface area contributed by atoms with E-state index in [1.54, 1.807) is 0 Å². The summed E-state index contributed by atoms with van der Waals surface area (Å²) < 4.78 is 10.5. The van der Waals surface area contributed by atoms with Gasteiger partial charge in [0.25, 0.3) is 0 Å². The van der Waals surface area contributed by atoms with Crippen LogP contribution in [0.15, 0.2) is 23.3 Å². The third kappa shape index (κ3) is 7.24. The summed E-state index contributed by atoms with van der Waals surface area (Å²) in [5.74, 6) is -0.171. The summed E-state index contributed by atoms with van der Waals surface area (Å²) in [5, 5.41) is 0. The van der Waals surface area contributed by atoms with Crippen LogP contribution in [0, 0.1) is 5.92 Å². The van der Waals surface area contributed by atoms with Gasteiger partial charge in [0.05, 0.1) is 13.7 Å². The number of allylic oxidation sites excluding steroid dienone is 2. The number of carbonyl (C=O) groups excluding carboxylic acids is 3. The first-order valence-electron chi connectivity index (χ1n) is 9.28. The van der Waals surface area contributed by atoms with Crippen LogP contribution in [0.1, 0.15) is 66.2 Å². The van der Waals surface area contributed by atoms with E-state index in [1.165, 1.54) is 13.2 Å². The van der Waals surface area contributed by atoms with Crippen LogP contribution in [0.4, 0.5) is 0 Å². The normalized spacial score (nSPS) is 23.3. The number of hydrogen-bond acceptors (Lipinski definition) is 5. The van der Waals surface area contributed by atoms with Crippen molar-refractivity contribution in [3.8, 4) is 0 Å². The van der Waals surface area contributed by atoms with Gasteiger partial charge in [0, 0.05) is 24.8 Å². The molecule has 0 radical (unpaired) electrons. The maximum Gasteiger partial charge on any atom is 0.330 e. The average Bonchev–Trinajstić information content (AvgIpc) is 2.73. The van der Waals surface area contributed by atoms with Crippen molar-refractivity contribution in [2.75, 3.05) is 13.7 Å². The van der Waals surface area contributed by atoms with E-state index in [9.17, 15) is 14.4 Å². The zero-order valence-electron chi connectivity index (χ0n) is 16.7. The predicted molar refractivity (Wildman–Crippen MR) is 101 cm³/mol. The lowest BCUT2D eigenvalue weighted by Gasteiger charge is -2.27. The molecule has 1 rings (SSSR count). The van der Waals surface area contributed by atoms with Gasteiger partial charge in [-0.1, -0.05) is 18.6 Å². The van der Waals surface area contributed by atoms with Gasteiger partial charge in [-0.3, -0.25) is 9.59 Å². The molecule has 1 aliphatic heterocycles. The summed E-state index contributed by atoms with van der Waals surface area (Å²) in [6.45, 7) is 7.97. The molecule has 0 N–H and O–H groups in total. The number of ether oxygens (including phenoxy) is 2. The highest BCUT2D eigenvalue weighted by Crippen LogP contribution is 2.29. The Morgan fingerprint density at radius 2 is 2.00 bits per heavy atom. The summed E-state index contributed by atoms with van der Waals surface area (Å²) in [6.07, 6.45) is 6.77. The van der Waals surface area contributed by atoms with E-state index >= 15 is 0 Å². The minimum atomic E-state index is -0.853. The van der Waals surface area contributed by atoms with Crippen LogP contribution in [0.25, 0.3) is 0 Å². The van der Waals surface area contributed by atoms with Gasteiger partial charge < -0.3 is 9.47 Å². The SMILES string of the molecule is COC(=O)/C=C1\CCC(=O)[C@](C)(CCCC(C)C(=O)CC=C(C)C)OC1. The summed E-state index contributed by atoms with van der Waals surface area (Å²) >= 11 is 0. The fraction of sp³-hybridized carbons (Fsp3) is 0.667. The summed E-state index contributed by atoms with van der Waals surface area (Å²) in [4.78, 5) is 36.0. The van der Waals surface area contributed by atoms with E-state index < -0.39 is 11.6 Å². The monoisotopic (exact) mass is 364 g/mol. The molecule has 1 heterocycles. The lowest BCUT2D eigenvalue weighted by Crippen LogP contribution is -2.37. The maximum atomic E-state index is 12.5. The van der Waals surface area contributed by atoms with Crippen molar-refractivity contribution in [1.82, 2.24) is 0 Å². The second-order valence-electron chi connectivity index (χ2n) is 7.51. The molecule has 1 fully saturated rings. The molecule has 1 saturated heterocycles. The van der Waals surface area contributed by atoms with Crippen LogP contribution >= 0.6 is 0 Å². The fourth-order valence-corrected chi connectivity index (χ4v) is 2.91. The Bertz CT molecular complexity index is 583. The first kappa shape index (κ1) is 22.3. The van der Waals surface area contributed by atoms with E-state index in [0.717, 1.165) is 24.0 Å². The van der Waals surface area contributed by atoms with Crippen LogP contribution < -0.4 is 0 Å². The number of rotatable bonds is 8. The molecule has 0 aromatic heterocycles. The molecule has 146 valence electrons. The average molecular weight is 364 g/mol. The first-order valence-corrected chi connectivity index (χ1v) is 9.28. The molecule has 1 aliphatic rings. The van der Waals surface area contributed by atoms with Crippen molar-refractivity contribution in [3.63, 3.8) is 0 Å². The van der Waals surface area contributed by atoms with E-state index in [-0.39, 0.29) is 24.1 Å². The number of Topliss-reactive ketones (excluding diaryl/α,β-unsaturated/α-hetero) is 2. The Hall–Kier alpha value is -1.75. The number of hydrogen-bond donors (Lipinski definition) is 0. The molecule has 26 heavy (non-hydrogen) atoms. The van der Waals surface area contributed by atoms with Gasteiger partial charge in [-0.25, -0.2) is 4.79 Å². The smallest absolute Gasteiger partial charge is 0.330 e. The van der Waals surface area contributed by atoms with Gasteiger partial charge in [0.2, 0.25) is 0 Å². The molecule has 1 unspecified atom stereocenters. The number of ketones is 2. The highest BCUT2D eigenvalue weighted by atomic mass is 16.5. The van der Waals surface area contributed by atoms with Crippen LogP contribution in [0.5, 0.6) is 0 Å². The third-order valence-electron chi connectivity index (χ3n) is 4.91. The minimum Gasteiger partial charge on any atom is -0.466 e. The molecule has 5 nitrogen and oxygen atoms in total. The molecule has 2 atom stereocenters. The molecule has 0 spiro atoms. The topological polar surface area (TPSA) is 69.7 Å². The molecule has 0 aromatic rings. The van der Waals surface area contributed by atoms with Crippen molar-refractivity contribution >= 4 is 17.5 Å². The molecule has 0 aliphatic carbocycles. The quantitative estimate of drug-likeness (QED) is 0.370. The number of carbonyl (C=O) groups is 3. The Kier molecular flexibility index (Phi) is 8.93. The van der Waals surface area contributed by atoms with Crippen LogP contribution in [-0.4, -0.2) is 36.9 Å². The van der Waals surface area contributed by atoms with Crippen molar-refractivity contribution in [2.45, 2.75) is 71.8 Å². The lowest BCUT2D eigenvalue weighted by atomic mass is 9.88. The van der Waals surface area contributed by atoms with Gasteiger partial charge in [0.15, 0.2) is 5.78 Å². The van der Waals surface area contributed by atoms with Gasteiger partial charge in [-0.15, -0.1) is 0 Å². The van der Waals surface area contributed by atoms with Crippen LogP contribution in [0.3, 0.4) is 0 Å². The fourth-order valence-electron chi connectivity index (χ4n) is 2.91. The third-order valence-corrected chi connectivity index (χ3v) is 4.91. The van der Waals surface area contributed by atoms with E-state index in [2.05, 4.69) is 4.74 Å². The molecular formula is C21H32O5. The lowest BCUT2D eigenvalue weighted by molar-refractivity contribution is -0.140. The predicted octanol–water partition coefficient (Wildman–Crippen LogP) is 3.96. The molecular weight excluding hydrogens is 332 g/mol. The largest absolute Gasteiger partial charge is 0.466 e. The zero-order valence-corrected chi connectivity index (χ0v) is 16.7. The van der Waals surface area contributed by atoms with Crippen molar-refractivity contribution in [1.29, 1.82) is 0 Å². The molecule has 0 amide bonds. The van der Waals surface area contributed by atoms with Gasteiger partial charge in [-0.05, 0) is 52.0 Å². The second-order valence-corrected chi connectivity index (χ2v) is 7.51. The van der Waals surface area contributed by atoms with Crippen LogP contribution in [0.2, 0.25) is 0 Å². The summed E-state index contributed by atoms with van der Waals surface area (Å²) in [7, 11) is 1.33. The van der Waals surface area contributed by atoms with Crippen molar-refractivity contribution in [2.24, 2.45) is 5.92 Å². The number of esters is 1. The summed E-state index contributed by atoms with van der Waals surface area (Å²) in [5.41, 5.74) is 1.07.